The van der Waals surface area contributed by atoms with Crippen LogP contribution < -0.4 is 5.32 Å². The molecule has 0 aromatic heterocycles. The van der Waals surface area contributed by atoms with Gasteiger partial charge in [0.15, 0.2) is 5.11 Å². The van der Waals surface area contributed by atoms with Gasteiger partial charge < -0.3 is 10.2 Å². The van der Waals surface area contributed by atoms with Crippen LogP contribution in [0.25, 0.3) is 0 Å². The van der Waals surface area contributed by atoms with Crippen molar-refractivity contribution in [1.82, 2.24) is 9.80 Å². The third-order valence-electron chi connectivity index (χ3n) is 4.79. The van der Waals surface area contributed by atoms with E-state index in [1.54, 1.807) is 12.1 Å². The van der Waals surface area contributed by atoms with Crippen LogP contribution in [-0.2, 0) is 0 Å². The van der Waals surface area contributed by atoms with E-state index in [0.29, 0.717) is 0 Å². The molecular weight excluding hydrogens is 297 g/mol. The van der Waals surface area contributed by atoms with Crippen molar-refractivity contribution in [3.63, 3.8) is 0 Å². The Kier molecular flexibility index (Phi) is 5.26. The van der Waals surface area contributed by atoms with Gasteiger partial charge in [0.25, 0.3) is 0 Å². The lowest BCUT2D eigenvalue weighted by Gasteiger charge is -2.41. The quantitative estimate of drug-likeness (QED) is 0.840. The normalized spacial score (nSPS) is 20.9. The van der Waals surface area contributed by atoms with Crippen molar-refractivity contribution in [2.45, 2.75) is 38.1 Å². The topological polar surface area (TPSA) is 18.5 Å². The number of thiocarbonyl (C=S) groups is 1. The van der Waals surface area contributed by atoms with E-state index in [2.05, 4.69) is 15.1 Å². The summed E-state index contributed by atoms with van der Waals surface area (Å²) in [6.45, 7) is 4.14. The first-order valence-electron chi connectivity index (χ1n) is 8.28. The van der Waals surface area contributed by atoms with Crippen LogP contribution in [0.5, 0.6) is 0 Å². The fourth-order valence-corrected chi connectivity index (χ4v) is 3.77. The largest absolute Gasteiger partial charge is 0.346 e. The molecular formula is C17H24FN3S. The van der Waals surface area contributed by atoms with Gasteiger partial charge in [-0.3, -0.25) is 4.90 Å². The summed E-state index contributed by atoms with van der Waals surface area (Å²) in [6, 6.07) is 7.13. The first kappa shape index (κ1) is 15.7. The van der Waals surface area contributed by atoms with Crippen molar-refractivity contribution in [1.29, 1.82) is 0 Å². The van der Waals surface area contributed by atoms with Crippen LogP contribution in [0.1, 0.15) is 32.1 Å². The first-order valence-corrected chi connectivity index (χ1v) is 8.69. The third kappa shape index (κ3) is 3.96. The highest BCUT2D eigenvalue weighted by atomic mass is 32.1. The average molecular weight is 321 g/mol. The summed E-state index contributed by atoms with van der Waals surface area (Å²) < 4.78 is 12.9. The molecule has 3 rings (SSSR count). The Morgan fingerprint density at radius 2 is 1.64 bits per heavy atom. The minimum atomic E-state index is -0.224. The molecule has 22 heavy (non-hydrogen) atoms. The molecule has 2 aliphatic rings. The predicted octanol–water partition coefficient (Wildman–Crippen LogP) is 3.47. The lowest BCUT2D eigenvalue weighted by atomic mass is 9.94. The molecule has 5 heteroatoms. The molecule has 1 saturated heterocycles. The summed E-state index contributed by atoms with van der Waals surface area (Å²) >= 11 is 5.49. The zero-order chi connectivity index (χ0) is 15.4. The lowest BCUT2D eigenvalue weighted by molar-refractivity contribution is 0.108. The summed E-state index contributed by atoms with van der Waals surface area (Å²) in [6.07, 6.45) is 6.89. The molecule has 0 unspecified atom stereocenters. The van der Waals surface area contributed by atoms with Crippen molar-refractivity contribution < 1.29 is 4.39 Å². The smallest absolute Gasteiger partial charge is 0.173 e. The Balaban J connectivity index is 1.48. The fraction of sp³-hybridized carbons (Fsp3) is 0.588. The monoisotopic (exact) mass is 321 g/mol. The second-order valence-corrected chi connectivity index (χ2v) is 6.64. The van der Waals surface area contributed by atoms with Crippen molar-refractivity contribution in [2.24, 2.45) is 0 Å². The van der Waals surface area contributed by atoms with Gasteiger partial charge in [-0.25, -0.2) is 4.39 Å². The standard InChI is InChI=1S/C17H24FN3S/c18-14-6-8-15(9-7-14)19-17(22)21-12-10-20(11-13-21)16-4-2-1-3-5-16/h6-9,16H,1-5,10-13H2,(H,19,22). The molecule has 0 atom stereocenters. The van der Waals surface area contributed by atoms with E-state index in [4.69, 9.17) is 12.2 Å². The van der Waals surface area contributed by atoms with Gasteiger partial charge in [0.05, 0.1) is 0 Å². The predicted molar refractivity (Wildman–Crippen MR) is 92.6 cm³/mol. The summed E-state index contributed by atoms with van der Waals surface area (Å²) in [7, 11) is 0. The van der Waals surface area contributed by atoms with Crippen molar-refractivity contribution in [3.8, 4) is 0 Å². The first-order chi connectivity index (χ1) is 10.7. The highest BCUT2D eigenvalue weighted by Gasteiger charge is 2.25. The number of nitrogens with one attached hydrogen (secondary N) is 1. The number of hydrogen-bond acceptors (Lipinski definition) is 2. The Bertz CT molecular complexity index is 491. The van der Waals surface area contributed by atoms with E-state index in [0.717, 1.165) is 43.0 Å². The van der Waals surface area contributed by atoms with Crippen LogP contribution in [0.4, 0.5) is 10.1 Å². The van der Waals surface area contributed by atoms with Crippen LogP contribution in [0, 0.1) is 5.82 Å². The molecule has 1 saturated carbocycles. The number of piperazine rings is 1. The van der Waals surface area contributed by atoms with Gasteiger partial charge in [0, 0.05) is 37.9 Å². The second-order valence-electron chi connectivity index (χ2n) is 6.25. The minimum absolute atomic E-state index is 0.224. The summed E-state index contributed by atoms with van der Waals surface area (Å²) in [5, 5.41) is 3.95. The summed E-state index contributed by atoms with van der Waals surface area (Å²) in [5.74, 6) is -0.224. The van der Waals surface area contributed by atoms with Crippen LogP contribution >= 0.6 is 12.2 Å². The van der Waals surface area contributed by atoms with E-state index in [9.17, 15) is 4.39 Å². The maximum absolute atomic E-state index is 12.9. The van der Waals surface area contributed by atoms with E-state index in [1.807, 2.05) is 0 Å². The number of nitrogens with zero attached hydrogens (tertiary/aromatic N) is 2. The maximum atomic E-state index is 12.9. The van der Waals surface area contributed by atoms with Gasteiger partial charge in [-0.15, -0.1) is 0 Å². The van der Waals surface area contributed by atoms with Crippen molar-refractivity contribution >= 4 is 23.0 Å². The van der Waals surface area contributed by atoms with Gasteiger partial charge in [0.2, 0.25) is 0 Å². The van der Waals surface area contributed by atoms with E-state index >= 15 is 0 Å². The highest BCUT2D eigenvalue weighted by Crippen LogP contribution is 2.23. The minimum Gasteiger partial charge on any atom is -0.346 e. The molecule has 1 aromatic rings. The van der Waals surface area contributed by atoms with E-state index < -0.39 is 0 Å². The van der Waals surface area contributed by atoms with Crippen LogP contribution in [-0.4, -0.2) is 47.1 Å². The van der Waals surface area contributed by atoms with Gasteiger partial charge in [-0.2, -0.15) is 0 Å². The molecule has 1 aliphatic heterocycles. The number of benzene rings is 1. The maximum Gasteiger partial charge on any atom is 0.173 e. The molecule has 2 fully saturated rings. The number of rotatable bonds is 2. The number of halogens is 1. The molecule has 0 bridgehead atoms. The molecule has 3 nitrogen and oxygen atoms in total. The number of hydrogen-bond donors (Lipinski definition) is 1. The van der Waals surface area contributed by atoms with Gasteiger partial charge in [-0.05, 0) is 49.3 Å². The fourth-order valence-electron chi connectivity index (χ4n) is 3.47. The van der Waals surface area contributed by atoms with Gasteiger partial charge >= 0.3 is 0 Å². The van der Waals surface area contributed by atoms with E-state index in [-0.39, 0.29) is 5.82 Å². The molecule has 0 radical (unpaired) electrons. The van der Waals surface area contributed by atoms with E-state index in [1.165, 1.54) is 44.2 Å². The van der Waals surface area contributed by atoms with Crippen LogP contribution in [0.2, 0.25) is 0 Å². The Hall–Kier alpha value is -1.20. The zero-order valence-corrected chi connectivity index (χ0v) is 13.7. The van der Waals surface area contributed by atoms with Crippen molar-refractivity contribution in [3.05, 3.63) is 30.1 Å². The summed E-state index contributed by atoms with van der Waals surface area (Å²) in [4.78, 5) is 4.86. The Labute approximate surface area is 137 Å². The Morgan fingerprint density at radius 1 is 1.00 bits per heavy atom. The zero-order valence-electron chi connectivity index (χ0n) is 12.9. The SMILES string of the molecule is Fc1ccc(NC(=S)N2CCN(C3CCCCC3)CC2)cc1. The van der Waals surface area contributed by atoms with Crippen molar-refractivity contribution in [2.75, 3.05) is 31.5 Å². The van der Waals surface area contributed by atoms with Crippen LogP contribution in [0.15, 0.2) is 24.3 Å². The molecule has 1 heterocycles. The lowest BCUT2D eigenvalue weighted by Crippen LogP contribution is -2.53. The Morgan fingerprint density at radius 3 is 2.27 bits per heavy atom. The molecule has 1 aliphatic carbocycles. The summed E-state index contributed by atoms with van der Waals surface area (Å²) in [5.41, 5.74) is 0.848. The van der Waals surface area contributed by atoms with Gasteiger partial charge in [0.1, 0.15) is 5.82 Å². The molecule has 1 aromatic carbocycles. The molecule has 120 valence electrons. The van der Waals surface area contributed by atoms with Crippen LogP contribution in [0.3, 0.4) is 0 Å². The van der Waals surface area contributed by atoms with Gasteiger partial charge in [-0.1, -0.05) is 19.3 Å². The molecule has 0 spiro atoms. The molecule has 1 N–H and O–H groups in total. The average Bonchev–Trinajstić information content (AvgIpc) is 2.58. The number of anilines is 1. The molecule has 0 amide bonds. The second kappa shape index (κ2) is 7.38. The third-order valence-corrected chi connectivity index (χ3v) is 5.15. The highest BCUT2D eigenvalue weighted by molar-refractivity contribution is 7.80.